The topological polar surface area (TPSA) is 139 Å². The fourth-order valence-corrected chi connectivity index (χ4v) is 4.51. The number of anilines is 1. The van der Waals surface area contributed by atoms with Gasteiger partial charge in [-0.15, -0.1) is 15.0 Å². The SMILES string of the molecule is CSc1nnc(-c2ccccc2S(=O)(=O)NNC(=O)Nc2nccc(C)n2)s1. The zero-order chi connectivity index (χ0) is 20.1. The fraction of sp³-hybridized carbons (Fsp3) is 0.133. The van der Waals surface area contributed by atoms with E-state index < -0.39 is 16.1 Å². The Morgan fingerprint density at radius 3 is 2.68 bits per heavy atom. The molecule has 0 atom stereocenters. The highest BCUT2D eigenvalue weighted by molar-refractivity contribution is 8.00. The molecule has 0 bridgehead atoms. The van der Waals surface area contributed by atoms with Crippen LogP contribution in [-0.2, 0) is 10.0 Å². The third kappa shape index (κ3) is 4.81. The third-order valence-electron chi connectivity index (χ3n) is 3.31. The molecule has 0 saturated carbocycles. The zero-order valence-corrected chi connectivity index (χ0v) is 17.2. The first-order chi connectivity index (χ1) is 13.4. The first-order valence-electron chi connectivity index (χ1n) is 7.74. The van der Waals surface area contributed by atoms with Crippen molar-refractivity contribution in [2.75, 3.05) is 11.6 Å². The van der Waals surface area contributed by atoms with Crippen molar-refractivity contribution in [3.63, 3.8) is 0 Å². The van der Waals surface area contributed by atoms with Gasteiger partial charge in [0.1, 0.15) is 5.01 Å². The van der Waals surface area contributed by atoms with Gasteiger partial charge in [-0.2, -0.15) is 0 Å². The molecule has 146 valence electrons. The van der Waals surface area contributed by atoms with Gasteiger partial charge in [0.15, 0.2) is 4.34 Å². The molecule has 0 spiro atoms. The monoisotopic (exact) mass is 437 g/mol. The lowest BCUT2D eigenvalue weighted by molar-refractivity contribution is 0.250. The van der Waals surface area contributed by atoms with Gasteiger partial charge >= 0.3 is 6.03 Å². The maximum Gasteiger partial charge on any atom is 0.336 e. The Kier molecular flexibility index (Phi) is 6.18. The van der Waals surface area contributed by atoms with Crippen molar-refractivity contribution in [3.05, 3.63) is 42.2 Å². The maximum atomic E-state index is 12.7. The number of sulfonamides is 1. The van der Waals surface area contributed by atoms with Crippen LogP contribution >= 0.6 is 23.1 Å². The number of aryl methyl sites for hydroxylation is 1. The summed E-state index contributed by atoms with van der Waals surface area (Å²) in [6, 6.07) is 7.16. The number of benzene rings is 1. The van der Waals surface area contributed by atoms with Gasteiger partial charge in [-0.3, -0.25) is 10.7 Å². The molecule has 3 aromatic rings. The van der Waals surface area contributed by atoms with Crippen LogP contribution in [0.15, 0.2) is 45.8 Å². The highest BCUT2D eigenvalue weighted by atomic mass is 32.2. The Balaban J connectivity index is 1.75. The molecular weight excluding hydrogens is 422 g/mol. The molecule has 2 heterocycles. The van der Waals surface area contributed by atoms with E-state index in [0.29, 0.717) is 20.6 Å². The molecule has 0 saturated heterocycles. The molecule has 1 aromatic carbocycles. The number of hydrogen-bond donors (Lipinski definition) is 3. The van der Waals surface area contributed by atoms with Crippen molar-refractivity contribution in [2.24, 2.45) is 0 Å². The second-order valence-corrected chi connectivity index (χ2v) is 8.96. The highest BCUT2D eigenvalue weighted by Gasteiger charge is 2.22. The van der Waals surface area contributed by atoms with Crippen LogP contribution in [0, 0.1) is 6.92 Å². The predicted molar refractivity (Wildman–Crippen MR) is 106 cm³/mol. The van der Waals surface area contributed by atoms with Gasteiger partial charge in [-0.1, -0.05) is 41.3 Å². The minimum atomic E-state index is -4.06. The Labute approximate surface area is 169 Å². The van der Waals surface area contributed by atoms with Crippen LogP contribution in [0.3, 0.4) is 0 Å². The van der Waals surface area contributed by atoms with E-state index in [-0.39, 0.29) is 10.8 Å². The van der Waals surface area contributed by atoms with E-state index in [1.54, 1.807) is 31.2 Å². The Morgan fingerprint density at radius 2 is 1.96 bits per heavy atom. The van der Waals surface area contributed by atoms with Crippen molar-refractivity contribution < 1.29 is 13.2 Å². The Morgan fingerprint density at radius 1 is 1.18 bits per heavy atom. The molecule has 0 aliphatic heterocycles. The lowest BCUT2D eigenvalue weighted by Gasteiger charge is -2.11. The average molecular weight is 438 g/mol. The van der Waals surface area contributed by atoms with Gasteiger partial charge in [0.05, 0.1) is 4.90 Å². The Bertz CT molecular complexity index is 1100. The summed E-state index contributed by atoms with van der Waals surface area (Å²) in [4.78, 5) is 21.8. The van der Waals surface area contributed by atoms with E-state index in [2.05, 4.69) is 30.9 Å². The van der Waals surface area contributed by atoms with Crippen LogP contribution in [0.25, 0.3) is 10.6 Å². The second kappa shape index (κ2) is 8.60. The van der Waals surface area contributed by atoms with Crippen LogP contribution in [-0.4, -0.2) is 40.9 Å². The summed E-state index contributed by atoms with van der Waals surface area (Å²) in [5.74, 6) is 0.0514. The number of thioether (sulfide) groups is 1. The second-order valence-electron chi connectivity index (χ2n) is 5.28. The van der Waals surface area contributed by atoms with Gasteiger partial charge < -0.3 is 0 Å². The van der Waals surface area contributed by atoms with E-state index in [1.807, 2.05) is 11.1 Å². The summed E-state index contributed by atoms with van der Waals surface area (Å²) in [7, 11) is -4.06. The van der Waals surface area contributed by atoms with E-state index in [1.165, 1.54) is 35.4 Å². The van der Waals surface area contributed by atoms with Gasteiger partial charge in [0.25, 0.3) is 10.0 Å². The van der Waals surface area contributed by atoms with Crippen molar-refractivity contribution in [2.45, 2.75) is 16.2 Å². The summed E-state index contributed by atoms with van der Waals surface area (Å²) in [6.07, 6.45) is 3.33. The molecule has 0 aliphatic rings. The van der Waals surface area contributed by atoms with Crippen LogP contribution in [0.5, 0.6) is 0 Å². The van der Waals surface area contributed by atoms with Gasteiger partial charge in [0.2, 0.25) is 5.95 Å². The van der Waals surface area contributed by atoms with Crippen LogP contribution in [0.2, 0.25) is 0 Å². The molecule has 10 nitrogen and oxygen atoms in total. The first-order valence-corrected chi connectivity index (χ1v) is 11.3. The number of hydrazine groups is 1. The first kappa shape index (κ1) is 20.1. The van der Waals surface area contributed by atoms with Crippen LogP contribution in [0.4, 0.5) is 10.7 Å². The number of amides is 2. The summed E-state index contributed by atoms with van der Waals surface area (Å²) in [5, 5.41) is 10.8. The molecule has 13 heteroatoms. The molecule has 3 rings (SSSR count). The average Bonchev–Trinajstić information content (AvgIpc) is 3.16. The fourth-order valence-electron chi connectivity index (χ4n) is 2.09. The van der Waals surface area contributed by atoms with Crippen molar-refractivity contribution in [1.29, 1.82) is 0 Å². The smallest absolute Gasteiger partial charge is 0.275 e. The highest BCUT2D eigenvalue weighted by Crippen LogP contribution is 2.32. The minimum Gasteiger partial charge on any atom is -0.275 e. The molecule has 28 heavy (non-hydrogen) atoms. The van der Waals surface area contributed by atoms with Crippen LogP contribution in [0.1, 0.15) is 5.69 Å². The number of rotatable bonds is 6. The molecule has 3 N–H and O–H groups in total. The molecule has 0 unspecified atom stereocenters. The largest absolute Gasteiger partial charge is 0.336 e. The number of nitrogens with zero attached hydrogens (tertiary/aromatic N) is 4. The number of hydrogen-bond acceptors (Lipinski definition) is 9. The van der Waals surface area contributed by atoms with Crippen molar-refractivity contribution in [3.8, 4) is 10.6 Å². The molecule has 0 aliphatic carbocycles. The van der Waals surface area contributed by atoms with Crippen molar-refractivity contribution in [1.82, 2.24) is 30.4 Å². The zero-order valence-electron chi connectivity index (χ0n) is 14.7. The van der Waals surface area contributed by atoms with E-state index >= 15 is 0 Å². The number of aromatic nitrogens is 4. The summed E-state index contributed by atoms with van der Waals surface area (Å²) in [6.45, 7) is 1.74. The summed E-state index contributed by atoms with van der Waals surface area (Å²) < 4.78 is 26.1. The Hall–Kier alpha value is -2.61. The quantitative estimate of drug-likeness (QED) is 0.393. The lowest BCUT2D eigenvalue weighted by atomic mass is 10.2. The van der Waals surface area contributed by atoms with Gasteiger partial charge in [-0.25, -0.2) is 23.2 Å². The van der Waals surface area contributed by atoms with E-state index in [4.69, 9.17) is 0 Å². The standard InChI is InChI=1S/C15H15N7O3S3/c1-9-7-8-16-13(17-9)18-14(23)20-22-28(24,25)11-6-4-3-5-10(11)12-19-21-15(26-2)27-12/h3-8,22H,1-2H3,(H2,16,17,18,20,23). The predicted octanol–water partition coefficient (Wildman–Crippen LogP) is 2.04. The van der Waals surface area contributed by atoms with E-state index in [9.17, 15) is 13.2 Å². The van der Waals surface area contributed by atoms with Gasteiger partial charge in [-0.05, 0) is 25.3 Å². The van der Waals surface area contributed by atoms with Crippen LogP contribution < -0.4 is 15.6 Å². The number of nitrogens with one attached hydrogen (secondary N) is 3. The van der Waals surface area contributed by atoms with Gasteiger partial charge in [0, 0.05) is 17.5 Å². The third-order valence-corrected chi connectivity index (χ3v) is 6.55. The molecule has 0 radical (unpaired) electrons. The summed E-state index contributed by atoms with van der Waals surface area (Å²) >= 11 is 2.69. The normalized spacial score (nSPS) is 11.2. The molecule has 0 fully saturated rings. The number of carbonyl (C=O) groups excluding carboxylic acids is 1. The van der Waals surface area contributed by atoms with E-state index in [0.717, 1.165) is 0 Å². The number of carbonyl (C=O) groups is 1. The lowest BCUT2D eigenvalue weighted by Crippen LogP contribution is -2.44. The molecule has 2 amide bonds. The maximum absolute atomic E-state index is 12.7. The molecular formula is C15H15N7O3S3. The minimum absolute atomic E-state index is 0.0362. The van der Waals surface area contributed by atoms with Crippen molar-refractivity contribution >= 4 is 45.1 Å². The molecule has 2 aromatic heterocycles. The number of urea groups is 1. The summed E-state index contributed by atoms with van der Waals surface area (Å²) in [5.41, 5.74) is 3.12.